The zero-order valence-electron chi connectivity index (χ0n) is 20.8. The van der Waals surface area contributed by atoms with E-state index in [1.807, 2.05) is 73.7 Å². The molecule has 34 heavy (non-hydrogen) atoms. The summed E-state index contributed by atoms with van der Waals surface area (Å²) in [7, 11) is -1.99. The average Bonchev–Trinajstić information content (AvgIpc) is 3.22. The average molecular weight is 492 g/mol. The van der Waals surface area contributed by atoms with E-state index >= 15 is 0 Å². The van der Waals surface area contributed by atoms with Gasteiger partial charge in [-0.25, -0.2) is 4.98 Å². The first-order valence-corrected chi connectivity index (χ1v) is 15.3. The van der Waals surface area contributed by atoms with Gasteiger partial charge in [-0.15, -0.1) is 11.3 Å². The summed E-state index contributed by atoms with van der Waals surface area (Å²) in [5.41, 5.74) is 3.85. The van der Waals surface area contributed by atoms with Gasteiger partial charge in [0, 0.05) is 0 Å². The molecule has 3 aromatic carbocycles. The van der Waals surface area contributed by atoms with Crippen LogP contribution in [0.3, 0.4) is 0 Å². The van der Waals surface area contributed by atoms with E-state index in [4.69, 9.17) is 14.1 Å². The highest BCUT2D eigenvalue weighted by molar-refractivity contribution is 7.18. The highest BCUT2D eigenvalue weighted by atomic mass is 32.1. The SMILES string of the molecule is Cc1ccc(C(O)c2nc3ccc(OCc4ccccc4)cc3s2)cc1O[Si](C)(C)C(C)(C)C. The number of hydrogen-bond donors (Lipinski definition) is 1. The molecule has 0 aliphatic rings. The monoisotopic (exact) mass is 491 g/mol. The first-order chi connectivity index (χ1) is 16.0. The van der Waals surface area contributed by atoms with Crippen molar-refractivity contribution in [2.45, 2.75) is 58.5 Å². The Morgan fingerprint density at radius 1 is 1.00 bits per heavy atom. The third-order valence-electron chi connectivity index (χ3n) is 6.56. The summed E-state index contributed by atoms with van der Waals surface area (Å²) in [5.74, 6) is 1.64. The number of fused-ring (bicyclic) bond motifs is 1. The Labute approximate surface area is 207 Å². The largest absolute Gasteiger partial charge is 0.543 e. The lowest BCUT2D eigenvalue weighted by atomic mass is 10.1. The van der Waals surface area contributed by atoms with E-state index in [0.29, 0.717) is 11.6 Å². The van der Waals surface area contributed by atoms with Crippen molar-refractivity contribution in [3.05, 3.63) is 88.4 Å². The number of hydrogen-bond acceptors (Lipinski definition) is 5. The van der Waals surface area contributed by atoms with E-state index in [0.717, 1.165) is 38.4 Å². The molecular formula is C28H33NO3SSi. The van der Waals surface area contributed by atoms with Crippen LogP contribution < -0.4 is 9.16 Å². The molecule has 0 amide bonds. The first-order valence-electron chi connectivity index (χ1n) is 11.6. The molecule has 0 spiro atoms. The molecule has 0 saturated heterocycles. The van der Waals surface area contributed by atoms with Crippen LogP contribution in [0.2, 0.25) is 18.1 Å². The van der Waals surface area contributed by atoms with E-state index < -0.39 is 14.4 Å². The van der Waals surface area contributed by atoms with Gasteiger partial charge in [-0.05, 0) is 66.0 Å². The number of aliphatic hydroxyl groups excluding tert-OH is 1. The zero-order chi connectivity index (χ0) is 24.5. The maximum atomic E-state index is 11.2. The van der Waals surface area contributed by atoms with Crippen molar-refractivity contribution in [1.29, 1.82) is 0 Å². The summed E-state index contributed by atoms with van der Waals surface area (Å²) in [4.78, 5) is 4.70. The fourth-order valence-electron chi connectivity index (χ4n) is 3.34. The lowest BCUT2D eigenvalue weighted by molar-refractivity contribution is 0.219. The minimum atomic E-state index is -1.99. The third-order valence-corrected chi connectivity index (χ3v) is 12.0. The molecule has 1 unspecified atom stereocenters. The molecule has 4 aromatic rings. The maximum absolute atomic E-state index is 11.2. The van der Waals surface area contributed by atoms with Crippen molar-refractivity contribution in [3.8, 4) is 11.5 Å². The molecule has 178 valence electrons. The lowest BCUT2D eigenvalue weighted by Crippen LogP contribution is -2.44. The van der Waals surface area contributed by atoms with Crippen LogP contribution in [0.25, 0.3) is 10.2 Å². The Morgan fingerprint density at radius 3 is 2.44 bits per heavy atom. The molecule has 6 heteroatoms. The van der Waals surface area contributed by atoms with Crippen LogP contribution in [-0.4, -0.2) is 18.4 Å². The first kappa shape index (κ1) is 24.5. The van der Waals surface area contributed by atoms with E-state index in [1.165, 1.54) is 11.3 Å². The molecule has 0 saturated carbocycles. The Bertz CT molecular complexity index is 1280. The maximum Gasteiger partial charge on any atom is 0.250 e. The Morgan fingerprint density at radius 2 is 1.74 bits per heavy atom. The number of aliphatic hydroxyl groups is 1. The van der Waals surface area contributed by atoms with Crippen molar-refractivity contribution in [2.75, 3.05) is 0 Å². The van der Waals surface area contributed by atoms with Gasteiger partial charge in [0.25, 0.3) is 0 Å². The zero-order valence-corrected chi connectivity index (χ0v) is 22.6. The number of aryl methyl sites for hydroxylation is 1. The molecule has 4 rings (SSSR count). The van der Waals surface area contributed by atoms with Gasteiger partial charge in [-0.1, -0.05) is 63.2 Å². The van der Waals surface area contributed by atoms with E-state index in [1.54, 1.807) is 0 Å². The number of aromatic nitrogens is 1. The number of thiazole rings is 1. The quantitative estimate of drug-likeness (QED) is 0.270. The van der Waals surface area contributed by atoms with Crippen LogP contribution in [0.15, 0.2) is 66.7 Å². The number of rotatable bonds is 7. The minimum absolute atomic E-state index is 0.0986. The standard InChI is InChI=1S/C28H33NO3SSi/c1-19-12-13-21(16-24(19)32-34(5,6)28(2,3)4)26(30)27-29-23-15-14-22(17-25(23)33-27)31-18-20-10-8-7-9-11-20/h7-17,26,30H,18H2,1-6H3. The van der Waals surface area contributed by atoms with Crippen LogP contribution in [-0.2, 0) is 6.61 Å². The molecule has 0 aliphatic heterocycles. The normalized spacial score (nSPS) is 13.1. The van der Waals surface area contributed by atoms with Gasteiger partial charge < -0.3 is 14.3 Å². The number of ether oxygens (including phenoxy) is 1. The molecule has 0 fully saturated rings. The van der Waals surface area contributed by atoms with Crippen LogP contribution in [0, 0.1) is 6.92 Å². The fraction of sp³-hybridized carbons (Fsp3) is 0.321. The van der Waals surface area contributed by atoms with Gasteiger partial charge in [-0.2, -0.15) is 0 Å². The Balaban J connectivity index is 1.55. The van der Waals surface area contributed by atoms with E-state index in [2.05, 4.69) is 33.9 Å². The molecule has 0 bridgehead atoms. The second-order valence-electron chi connectivity index (χ2n) is 10.2. The highest BCUT2D eigenvalue weighted by Crippen LogP contribution is 2.39. The predicted octanol–water partition coefficient (Wildman–Crippen LogP) is 7.65. The molecule has 1 atom stereocenters. The van der Waals surface area contributed by atoms with E-state index in [-0.39, 0.29) is 5.04 Å². The molecule has 0 aliphatic carbocycles. The van der Waals surface area contributed by atoms with Crippen molar-refractivity contribution >= 4 is 29.9 Å². The molecular weight excluding hydrogens is 458 g/mol. The van der Waals surface area contributed by atoms with Crippen LogP contribution in [0.1, 0.15) is 48.6 Å². The molecule has 0 radical (unpaired) electrons. The van der Waals surface area contributed by atoms with Gasteiger partial charge in [0.1, 0.15) is 29.2 Å². The summed E-state index contributed by atoms with van der Waals surface area (Å²) in [6.45, 7) is 13.7. The number of nitrogens with zero attached hydrogens (tertiary/aromatic N) is 1. The second kappa shape index (κ2) is 9.53. The van der Waals surface area contributed by atoms with Crippen molar-refractivity contribution in [1.82, 2.24) is 4.98 Å². The minimum Gasteiger partial charge on any atom is -0.543 e. The number of benzene rings is 3. The second-order valence-corrected chi connectivity index (χ2v) is 16.0. The smallest absolute Gasteiger partial charge is 0.250 e. The molecule has 1 N–H and O–H groups in total. The van der Waals surface area contributed by atoms with Crippen LogP contribution in [0.4, 0.5) is 0 Å². The lowest BCUT2D eigenvalue weighted by Gasteiger charge is -2.37. The van der Waals surface area contributed by atoms with Gasteiger partial charge in [0.05, 0.1) is 10.2 Å². The Hall–Kier alpha value is -2.67. The summed E-state index contributed by atoms with van der Waals surface area (Å²) in [6.07, 6.45) is -0.812. The Kier molecular flexibility index (Phi) is 6.85. The van der Waals surface area contributed by atoms with Crippen molar-refractivity contribution < 1.29 is 14.3 Å². The topological polar surface area (TPSA) is 51.6 Å². The summed E-state index contributed by atoms with van der Waals surface area (Å²) in [5, 5.41) is 11.9. The van der Waals surface area contributed by atoms with Gasteiger partial charge >= 0.3 is 0 Å². The molecule has 1 heterocycles. The molecule has 4 nitrogen and oxygen atoms in total. The van der Waals surface area contributed by atoms with Crippen molar-refractivity contribution in [3.63, 3.8) is 0 Å². The predicted molar refractivity (Wildman–Crippen MR) is 143 cm³/mol. The van der Waals surface area contributed by atoms with Gasteiger partial charge in [-0.3, -0.25) is 0 Å². The summed E-state index contributed by atoms with van der Waals surface area (Å²) in [6, 6.07) is 21.9. The van der Waals surface area contributed by atoms with Crippen LogP contribution in [0.5, 0.6) is 11.5 Å². The van der Waals surface area contributed by atoms with Gasteiger partial charge in [0.15, 0.2) is 0 Å². The fourth-order valence-corrected chi connectivity index (χ4v) is 5.42. The molecule has 1 aromatic heterocycles. The van der Waals surface area contributed by atoms with Crippen molar-refractivity contribution in [2.24, 2.45) is 0 Å². The highest BCUT2D eigenvalue weighted by Gasteiger charge is 2.39. The van der Waals surface area contributed by atoms with Crippen LogP contribution >= 0.6 is 11.3 Å². The summed E-state index contributed by atoms with van der Waals surface area (Å²) >= 11 is 1.49. The summed E-state index contributed by atoms with van der Waals surface area (Å²) < 4.78 is 13.5. The van der Waals surface area contributed by atoms with Gasteiger partial charge in [0.2, 0.25) is 8.32 Å². The van der Waals surface area contributed by atoms with E-state index in [9.17, 15) is 5.11 Å². The third kappa shape index (κ3) is 5.35.